The van der Waals surface area contributed by atoms with Gasteiger partial charge in [0.05, 0.1) is 0 Å². The van der Waals surface area contributed by atoms with Gasteiger partial charge in [-0.25, -0.2) is 0 Å². The number of hydrogen-bond donors (Lipinski definition) is 0. The van der Waals surface area contributed by atoms with Crippen LogP contribution in [0.4, 0.5) is 0 Å². The molecule has 1 aliphatic rings. The molecule has 1 aliphatic heterocycles. The second-order valence-electron chi connectivity index (χ2n) is 6.47. The Morgan fingerprint density at radius 1 is 0.900 bits per heavy atom. The van der Waals surface area contributed by atoms with Gasteiger partial charge in [-0.05, 0) is 31.9 Å². The highest BCUT2D eigenvalue weighted by molar-refractivity contribution is 4.90. The van der Waals surface area contributed by atoms with Gasteiger partial charge in [-0.15, -0.1) is 0 Å². The molecule has 1 atom stereocenters. The van der Waals surface area contributed by atoms with Crippen molar-refractivity contribution in [1.82, 2.24) is 4.90 Å². The second kappa shape index (κ2) is 12.3. The molecule has 1 unspecified atom stereocenters. The number of unbranched alkanes of at least 4 members (excludes halogenated alkanes) is 8. The third-order valence-electron chi connectivity index (χ3n) is 4.58. The van der Waals surface area contributed by atoms with Crippen LogP contribution in [0.5, 0.6) is 0 Å². The van der Waals surface area contributed by atoms with Crippen molar-refractivity contribution in [3.63, 3.8) is 0 Å². The monoisotopic (exact) mass is 279 g/mol. The van der Waals surface area contributed by atoms with E-state index in [-0.39, 0.29) is 0 Å². The summed E-state index contributed by atoms with van der Waals surface area (Å²) >= 11 is 0. The predicted octanol–water partition coefficient (Wildman–Crippen LogP) is 6.30. The zero-order chi connectivity index (χ0) is 14.5. The summed E-state index contributed by atoms with van der Waals surface area (Å²) in [5.74, 6) is 0. The fraction of sp³-hybridized carbons (Fsp3) is 0.895. The Morgan fingerprint density at radius 2 is 1.60 bits per heavy atom. The van der Waals surface area contributed by atoms with Gasteiger partial charge in [0.15, 0.2) is 0 Å². The third kappa shape index (κ3) is 7.97. The van der Waals surface area contributed by atoms with Crippen molar-refractivity contribution < 1.29 is 0 Å². The molecule has 1 rings (SSSR count). The van der Waals surface area contributed by atoms with Gasteiger partial charge in [-0.3, -0.25) is 0 Å². The molecule has 1 heterocycles. The number of allylic oxidation sites excluding steroid dienone is 1. The molecule has 0 spiro atoms. The summed E-state index contributed by atoms with van der Waals surface area (Å²) in [7, 11) is 0. The Kier molecular flexibility index (Phi) is 10.8. The van der Waals surface area contributed by atoms with E-state index < -0.39 is 0 Å². The Labute approximate surface area is 127 Å². The average Bonchev–Trinajstić information content (AvgIpc) is 2.90. The minimum absolute atomic E-state index is 0.850. The SMILES string of the molecule is CCCCC=CN1CCCC1CCCCCCCCC. The lowest BCUT2D eigenvalue weighted by Crippen LogP contribution is -2.23. The molecule has 118 valence electrons. The average molecular weight is 280 g/mol. The van der Waals surface area contributed by atoms with Crippen molar-refractivity contribution in [1.29, 1.82) is 0 Å². The van der Waals surface area contributed by atoms with Gasteiger partial charge in [0.1, 0.15) is 0 Å². The first kappa shape index (κ1) is 17.6. The molecule has 0 aromatic heterocycles. The summed E-state index contributed by atoms with van der Waals surface area (Å²) < 4.78 is 0. The van der Waals surface area contributed by atoms with Crippen molar-refractivity contribution in [2.24, 2.45) is 0 Å². The summed E-state index contributed by atoms with van der Waals surface area (Å²) in [6.07, 6.45) is 23.0. The van der Waals surface area contributed by atoms with E-state index in [1.165, 1.54) is 90.0 Å². The van der Waals surface area contributed by atoms with Crippen molar-refractivity contribution in [2.45, 2.75) is 103 Å². The predicted molar refractivity (Wildman–Crippen MR) is 91.0 cm³/mol. The van der Waals surface area contributed by atoms with Gasteiger partial charge in [0.25, 0.3) is 0 Å². The van der Waals surface area contributed by atoms with Crippen molar-refractivity contribution in [3.05, 3.63) is 12.3 Å². The van der Waals surface area contributed by atoms with Gasteiger partial charge >= 0.3 is 0 Å². The van der Waals surface area contributed by atoms with Crippen LogP contribution in [0.25, 0.3) is 0 Å². The molecule has 0 amide bonds. The van der Waals surface area contributed by atoms with Crippen molar-refractivity contribution in [2.75, 3.05) is 6.54 Å². The lowest BCUT2D eigenvalue weighted by atomic mass is 10.0. The number of likely N-dealkylation sites (tertiary alicyclic amines) is 1. The fourth-order valence-electron chi connectivity index (χ4n) is 3.23. The van der Waals surface area contributed by atoms with Crippen LogP contribution in [-0.4, -0.2) is 17.5 Å². The normalized spacial score (nSPS) is 19.3. The topological polar surface area (TPSA) is 3.24 Å². The zero-order valence-electron chi connectivity index (χ0n) is 14.1. The Morgan fingerprint density at radius 3 is 2.35 bits per heavy atom. The highest BCUT2D eigenvalue weighted by Crippen LogP contribution is 2.23. The molecule has 1 fully saturated rings. The molecular weight excluding hydrogens is 242 g/mol. The molecular formula is C19H37N. The maximum atomic E-state index is 2.62. The van der Waals surface area contributed by atoms with Gasteiger partial charge in [0.2, 0.25) is 0 Å². The highest BCUT2D eigenvalue weighted by Gasteiger charge is 2.20. The van der Waals surface area contributed by atoms with Gasteiger partial charge < -0.3 is 4.90 Å². The Bertz CT molecular complexity index is 234. The van der Waals surface area contributed by atoms with E-state index in [1.54, 1.807) is 0 Å². The van der Waals surface area contributed by atoms with Gasteiger partial charge in [-0.1, -0.05) is 77.7 Å². The minimum Gasteiger partial charge on any atom is -0.375 e. The summed E-state index contributed by atoms with van der Waals surface area (Å²) in [6.45, 7) is 5.86. The summed E-state index contributed by atoms with van der Waals surface area (Å²) in [4.78, 5) is 2.62. The molecule has 0 aromatic rings. The maximum absolute atomic E-state index is 2.62. The molecule has 0 aromatic carbocycles. The number of rotatable bonds is 12. The lowest BCUT2D eigenvalue weighted by Gasteiger charge is -2.22. The Hall–Kier alpha value is -0.460. The van der Waals surface area contributed by atoms with Crippen LogP contribution in [0, 0.1) is 0 Å². The summed E-state index contributed by atoms with van der Waals surface area (Å²) in [6, 6.07) is 0.850. The van der Waals surface area contributed by atoms with Crippen LogP contribution >= 0.6 is 0 Å². The van der Waals surface area contributed by atoms with E-state index in [2.05, 4.69) is 31.0 Å². The van der Waals surface area contributed by atoms with Gasteiger partial charge in [0, 0.05) is 12.6 Å². The van der Waals surface area contributed by atoms with Crippen LogP contribution in [0.2, 0.25) is 0 Å². The first-order valence-corrected chi connectivity index (χ1v) is 9.30. The number of nitrogens with zero attached hydrogens (tertiary/aromatic N) is 1. The molecule has 0 N–H and O–H groups in total. The van der Waals surface area contributed by atoms with Crippen LogP contribution in [0.15, 0.2) is 12.3 Å². The van der Waals surface area contributed by atoms with E-state index in [0.717, 1.165) is 6.04 Å². The summed E-state index contributed by atoms with van der Waals surface area (Å²) in [5.41, 5.74) is 0. The lowest BCUT2D eigenvalue weighted by molar-refractivity contribution is 0.322. The first-order valence-electron chi connectivity index (χ1n) is 9.30. The van der Waals surface area contributed by atoms with E-state index >= 15 is 0 Å². The molecule has 0 aliphatic carbocycles. The second-order valence-corrected chi connectivity index (χ2v) is 6.47. The quantitative estimate of drug-likeness (QED) is 0.379. The van der Waals surface area contributed by atoms with E-state index in [4.69, 9.17) is 0 Å². The first-order chi connectivity index (χ1) is 9.88. The van der Waals surface area contributed by atoms with Crippen molar-refractivity contribution >= 4 is 0 Å². The smallest absolute Gasteiger partial charge is 0.0284 e. The molecule has 1 saturated heterocycles. The third-order valence-corrected chi connectivity index (χ3v) is 4.58. The largest absolute Gasteiger partial charge is 0.375 e. The zero-order valence-corrected chi connectivity index (χ0v) is 14.1. The molecule has 0 radical (unpaired) electrons. The van der Waals surface area contributed by atoms with Crippen molar-refractivity contribution in [3.8, 4) is 0 Å². The van der Waals surface area contributed by atoms with Crippen LogP contribution < -0.4 is 0 Å². The fourth-order valence-corrected chi connectivity index (χ4v) is 3.23. The number of hydrogen-bond acceptors (Lipinski definition) is 1. The molecule has 20 heavy (non-hydrogen) atoms. The van der Waals surface area contributed by atoms with Gasteiger partial charge in [-0.2, -0.15) is 0 Å². The van der Waals surface area contributed by atoms with Crippen LogP contribution in [-0.2, 0) is 0 Å². The van der Waals surface area contributed by atoms with E-state index in [0.29, 0.717) is 0 Å². The molecule has 1 nitrogen and oxygen atoms in total. The van der Waals surface area contributed by atoms with E-state index in [9.17, 15) is 0 Å². The highest BCUT2D eigenvalue weighted by atomic mass is 15.2. The van der Waals surface area contributed by atoms with Crippen LogP contribution in [0.1, 0.15) is 97.3 Å². The molecule has 1 heteroatoms. The van der Waals surface area contributed by atoms with E-state index in [1.807, 2.05) is 0 Å². The summed E-state index contributed by atoms with van der Waals surface area (Å²) in [5, 5.41) is 0. The Balaban J connectivity index is 2.04. The maximum Gasteiger partial charge on any atom is 0.0284 e. The standard InChI is InChI=1S/C19H37N/c1-3-5-7-9-10-11-12-15-19-16-14-18-20(19)17-13-8-6-4-2/h13,17,19H,3-12,14-16,18H2,1-2H3. The minimum atomic E-state index is 0.850. The van der Waals surface area contributed by atoms with Crippen LogP contribution in [0.3, 0.4) is 0 Å². The molecule has 0 saturated carbocycles. The molecule has 0 bridgehead atoms.